The second kappa shape index (κ2) is 3.77. The highest BCUT2D eigenvalue weighted by atomic mass is 16.1. The fourth-order valence-electron chi connectivity index (χ4n) is 2.88. The third kappa shape index (κ3) is 1.35. The lowest BCUT2D eigenvalue weighted by Crippen LogP contribution is -2.36. The lowest BCUT2D eigenvalue weighted by Gasteiger charge is -2.19. The fourth-order valence-corrected chi connectivity index (χ4v) is 2.88. The van der Waals surface area contributed by atoms with E-state index < -0.39 is 0 Å². The molecule has 2 aliphatic rings. The predicted octanol–water partition coefficient (Wildman–Crippen LogP) is 1.27. The number of allylic oxidation sites excluding steroid dienone is 1. The minimum absolute atomic E-state index is 0.128. The number of hydrogen-bond acceptors (Lipinski definition) is 2. The topological polar surface area (TPSA) is 48.9 Å². The Bertz CT molecular complexity index is 619. The average molecular weight is 242 g/mol. The Balaban J connectivity index is 2.31. The Labute approximate surface area is 106 Å². The molecule has 4 heteroatoms. The van der Waals surface area contributed by atoms with E-state index in [0.29, 0.717) is 18.7 Å². The van der Waals surface area contributed by atoms with Crippen molar-refractivity contribution >= 4 is 17.2 Å². The van der Waals surface area contributed by atoms with Crippen LogP contribution >= 0.6 is 0 Å². The van der Waals surface area contributed by atoms with Gasteiger partial charge in [0.1, 0.15) is 19.3 Å². The van der Waals surface area contributed by atoms with Gasteiger partial charge in [-0.2, -0.15) is 0 Å². The lowest BCUT2D eigenvalue weighted by molar-refractivity contribution is -0.498. The van der Waals surface area contributed by atoms with Crippen LogP contribution in [0.25, 0.3) is 0 Å². The monoisotopic (exact) mass is 242 g/mol. The summed E-state index contributed by atoms with van der Waals surface area (Å²) in [6, 6.07) is 0. The van der Waals surface area contributed by atoms with Crippen LogP contribution in [0.15, 0.2) is 18.9 Å². The molecule has 0 atom stereocenters. The minimum atomic E-state index is -0.128. The van der Waals surface area contributed by atoms with Crippen molar-refractivity contribution in [1.29, 1.82) is 5.41 Å². The smallest absolute Gasteiger partial charge is 0.224 e. The molecule has 4 nitrogen and oxygen atoms in total. The highest BCUT2D eigenvalue weighted by Crippen LogP contribution is 2.28. The van der Waals surface area contributed by atoms with E-state index in [1.54, 1.807) is 6.08 Å². The highest BCUT2D eigenvalue weighted by Gasteiger charge is 2.38. The summed E-state index contributed by atoms with van der Waals surface area (Å²) >= 11 is 0. The zero-order valence-electron chi connectivity index (χ0n) is 10.5. The number of ketones is 1. The van der Waals surface area contributed by atoms with Crippen LogP contribution in [-0.2, 0) is 13.0 Å². The SMILES string of the molecule is C=CCn1cc2c3c1C(=O)C(=N)CC3=[N+](C)CC2. The van der Waals surface area contributed by atoms with Gasteiger partial charge in [0.05, 0.1) is 17.7 Å². The maximum absolute atomic E-state index is 12.2. The number of nitrogens with one attached hydrogen (secondary N) is 1. The second-order valence-corrected chi connectivity index (χ2v) is 4.92. The summed E-state index contributed by atoms with van der Waals surface area (Å²) in [6.07, 6.45) is 5.27. The first-order valence-electron chi connectivity index (χ1n) is 6.16. The van der Waals surface area contributed by atoms with Gasteiger partial charge in [0.15, 0.2) is 5.71 Å². The molecule has 0 spiro atoms. The Morgan fingerprint density at radius 1 is 1.61 bits per heavy atom. The normalized spacial score (nSPS) is 18.1. The molecule has 92 valence electrons. The third-order valence-corrected chi connectivity index (χ3v) is 3.78. The van der Waals surface area contributed by atoms with E-state index in [0.717, 1.165) is 24.2 Å². The van der Waals surface area contributed by atoms with Crippen molar-refractivity contribution in [2.24, 2.45) is 0 Å². The van der Waals surface area contributed by atoms with E-state index in [1.165, 1.54) is 5.56 Å². The van der Waals surface area contributed by atoms with Crippen molar-refractivity contribution in [3.63, 3.8) is 0 Å². The first-order chi connectivity index (χ1) is 8.63. The molecule has 0 amide bonds. The largest absolute Gasteiger partial charge is 0.340 e. The van der Waals surface area contributed by atoms with Crippen LogP contribution in [0, 0.1) is 5.41 Å². The van der Waals surface area contributed by atoms with Crippen LogP contribution < -0.4 is 0 Å². The van der Waals surface area contributed by atoms with Crippen molar-refractivity contribution in [1.82, 2.24) is 4.57 Å². The van der Waals surface area contributed by atoms with Crippen LogP contribution in [0.4, 0.5) is 0 Å². The summed E-state index contributed by atoms with van der Waals surface area (Å²) in [5.74, 6) is -0.128. The summed E-state index contributed by atoms with van der Waals surface area (Å²) in [4.78, 5) is 12.2. The van der Waals surface area contributed by atoms with Crippen molar-refractivity contribution in [3.8, 4) is 0 Å². The van der Waals surface area contributed by atoms with E-state index >= 15 is 0 Å². The third-order valence-electron chi connectivity index (χ3n) is 3.78. The Morgan fingerprint density at radius 3 is 3.11 bits per heavy atom. The molecule has 1 aliphatic heterocycles. The maximum atomic E-state index is 12.2. The number of hydrogen-bond donors (Lipinski definition) is 1. The molecule has 1 aliphatic carbocycles. The van der Waals surface area contributed by atoms with Crippen molar-refractivity contribution in [3.05, 3.63) is 35.7 Å². The highest BCUT2D eigenvalue weighted by molar-refractivity contribution is 6.51. The van der Waals surface area contributed by atoms with E-state index in [-0.39, 0.29) is 11.5 Å². The Kier molecular flexibility index (Phi) is 2.33. The zero-order chi connectivity index (χ0) is 12.9. The van der Waals surface area contributed by atoms with Gasteiger partial charge in [-0.15, -0.1) is 6.58 Å². The van der Waals surface area contributed by atoms with Gasteiger partial charge in [0, 0.05) is 19.2 Å². The molecule has 1 N–H and O–H groups in total. The van der Waals surface area contributed by atoms with Crippen LogP contribution in [0.3, 0.4) is 0 Å². The maximum Gasteiger partial charge on any atom is 0.224 e. The van der Waals surface area contributed by atoms with Gasteiger partial charge in [-0.05, 0) is 5.56 Å². The first kappa shape index (κ1) is 11.1. The molecule has 0 radical (unpaired) electrons. The Morgan fingerprint density at radius 2 is 2.39 bits per heavy atom. The minimum Gasteiger partial charge on any atom is -0.340 e. The average Bonchev–Trinajstić information content (AvgIpc) is 2.70. The van der Waals surface area contributed by atoms with Gasteiger partial charge in [0.2, 0.25) is 5.78 Å². The van der Waals surface area contributed by atoms with Crippen LogP contribution in [0.1, 0.15) is 28.0 Å². The number of carbonyl (C=O) groups excluding carboxylic acids is 1. The molecule has 1 aromatic rings. The molecule has 0 bridgehead atoms. The van der Waals surface area contributed by atoms with Crippen LogP contribution in [0.2, 0.25) is 0 Å². The van der Waals surface area contributed by atoms with Crippen molar-refractivity contribution in [2.75, 3.05) is 13.6 Å². The van der Waals surface area contributed by atoms with E-state index in [1.807, 2.05) is 11.6 Å². The second-order valence-electron chi connectivity index (χ2n) is 4.92. The van der Waals surface area contributed by atoms with Gasteiger partial charge >= 0.3 is 0 Å². The lowest BCUT2D eigenvalue weighted by atomic mass is 9.87. The van der Waals surface area contributed by atoms with E-state index in [4.69, 9.17) is 5.41 Å². The molecule has 0 saturated carbocycles. The van der Waals surface area contributed by atoms with Crippen LogP contribution in [0.5, 0.6) is 0 Å². The van der Waals surface area contributed by atoms with Gasteiger partial charge in [-0.1, -0.05) is 6.08 Å². The first-order valence-corrected chi connectivity index (χ1v) is 6.16. The van der Waals surface area contributed by atoms with Crippen molar-refractivity contribution in [2.45, 2.75) is 19.4 Å². The predicted molar refractivity (Wildman–Crippen MR) is 70.2 cm³/mol. The summed E-state index contributed by atoms with van der Waals surface area (Å²) in [5, 5.41) is 7.88. The molecular formula is C14H16N3O+. The van der Waals surface area contributed by atoms with Gasteiger partial charge in [-0.3, -0.25) is 4.79 Å². The molecule has 0 unspecified atom stereocenters. The summed E-state index contributed by atoms with van der Waals surface area (Å²) in [7, 11) is 2.04. The summed E-state index contributed by atoms with van der Waals surface area (Å²) < 4.78 is 4.11. The van der Waals surface area contributed by atoms with Crippen LogP contribution in [-0.4, -0.2) is 39.9 Å². The van der Waals surface area contributed by atoms with Gasteiger partial charge in [-0.25, -0.2) is 4.58 Å². The molecule has 3 rings (SSSR count). The standard InChI is InChI=1S/C14H16N3O/c1-3-5-17-8-9-4-6-16(2)11-7-10(15)14(18)13(17)12(9)11/h3,8,15H,1,4-7H2,2H3/q+1. The Hall–Kier alpha value is -1.97. The number of aromatic nitrogens is 1. The number of nitrogens with zero attached hydrogens (tertiary/aromatic N) is 2. The molecule has 18 heavy (non-hydrogen) atoms. The van der Waals surface area contributed by atoms with Gasteiger partial charge in [0.25, 0.3) is 0 Å². The molecule has 0 aromatic carbocycles. The summed E-state index contributed by atoms with van der Waals surface area (Å²) in [5.41, 5.74) is 4.31. The molecule has 0 saturated heterocycles. The number of rotatable bonds is 2. The quantitative estimate of drug-likeness (QED) is 0.616. The fraction of sp³-hybridized carbons (Fsp3) is 0.357. The van der Waals surface area contributed by atoms with Crippen molar-refractivity contribution < 1.29 is 9.37 Å². The van der Waals surface area contributed by atoms with E-state index in [2.05, 4.69) is 17.4 Å². The van der Waals surface area contributed by atoms with Gasteiger partial charge < -0.3 is 9.98 Å². The summed E-state index contributed by atoms with van der Waals surface area (Å²) in [6.45, 7) is 5.31. The molecule has 0 fully saturated rings. The molecular weight excluding hydrogens is 226 g/mol. The molecule has 1 aromatic heterocycles. The number of carbonyl (C=O) groups is 1. The van der Waals surface area contributed by atoms with E-state index in [9.17, 15) is 4.79 Å². The number of likely N-dealkylation sites (N-methyl/N-ethyl adjacent to an activating group) is 1. The zero-order valence-corrected chi connectivity index (χ0v) is 10.5. The molecule has 2 heterocycles. The number of Topliss-reactive ketones (excluding diaryl/α,β-unsaturated/α-hetero) is 1.